The molecule has 0 aromatic heterocycles. The van der Waals surface area contributed by atoms with Crippen LogP contribution in [-0.2, 0) is 0 Å². The molecular weight excluding hydrogens is 237 g/mol. The number of hydrogen-bond donors (Lipinski definition) is 1. The lowest BCUT2D eigenvalue weighted by atomic mass is 10.1. The van der Waals surface area contributed by atoms with E-state index in [0.717, 1.165) is 10.3 Å². The van der Waals surface area contributed by atoms with Gasteiger partial charge in [0.25, 0.3) is 0 Å². The zero-order valence-electron chi connectivity index (χ0n) is 6.94. The summed E-state index contributed by atoms with van der Waals surface area (Å²) in [6.07, 6.45) is 4.92. The van der Waals surface area contributed by atoms with Crippen molar-refractivity contribution in [2.24, 2.45) is 5.73 Å². The Morgan fingerprint density at radius 1 is 1.40 bits per heavy atom. The first-order valence-corrected chi connectivity index (χ1v) is 5.31. The Hall–Kier alpha value is 0.690. The molecule has 0 radical (unpaired) electrons. The molecule has 0 saturated heterocycles. The maximum atomic E-state index is 5.76. The van der Waals surface area contributed by atoms with E-state index >= 15 is 0 Å². The van der Waals surface area contributed by atoms with Gasteiger partial charge >= 0.3 is 0 Å². The molecule has 0 spiro atoms. The molecule has 2 N–H and O–H groups in total. The maximum absolute atomic E-state index is 5.76. The van der Waals surface area contributed by atoms with Gasteiger partial charge in [-0.15, -0.1) is 0 Å². The van der Waals surface area contributed by atoms with E-state index in [9.17, 15) is 0 Å². The molecule has 0 bridgehead atoms. The van der Waals surface area contributed by atoms with Crippen LogP contribution in [-0.4, -0.2) is 9.97 Å². The molecule has 2 heteroatoms. The summed E-state index contributed by atoms with van der Waals surface area (Å²) in [4.78, 5) is 0. The standard InChI is InChI=1S/C8H18IN/c1-3-8(10)6-4-5-7(2)9/h7-8H,3-6,10H2,1-2H3. The van der Waals surface area contributed by atoms with E-state index in [4.69, 9.17) is 5.73 Å². The van der Waals surface area contributed by atoms with Crippen LogP contribution >= 0.6 is 22.6 Å². The van der Waals surface area contributed by atoms with Gasteiger partial charge in [-0.3, -0.25) is 0 Å². The van der Waals surface area contributed by atoms with E-state index < -0.39 is 0 Å². The number of nitrogens with two attached hydrogens (primary N) is 1. The fourth-order valence-electron chi connectivity index (χ4n) is 0.865. The molecule has 0 heterocycles. The second kappa shape index (κ2) is 6.40. The van der Waals surface area contributed by atoms with Crippen LogP contribution in [0, 0.1) is 0 Å². The SMILES string of the molecule is CCC(N)CCCC(C)I. The molecule has 0 saturated carbocycles. The molecule has 2 unspecified atom stereocenters. The Morgan fingerprint density at radius 2 is 2.00 bits per heavy atom. The van der Waals surface area contributed by atoms with Crippen LogP contribution in [0.3, 0.4) is 0 Å². The molecule has 0 fully saturated rings. The molecule has 0 aliphatic carbocycles. The second-order valence-corrected chi connectivity index (χ2v) is 5.01. The van der Waals surface area contributed by atoms with Crippen molar-refractivity contribution in [2.45, 2.75) is 49.5 Å². The predicted octanol–water partition coefficient (Wildman–Crippen LogP) is 2.72. The molecule has 0 aromatic carbocycles. The highest BCUT2D eigenvalue weighted by molar-refractivity contribution is 14.1. The van der Waals surface area contributed by atoms with Crippen molar-refractivity contribution in [3.8, 4) is 0 Å². The average Bonchev–Trinajstić information content (AvgIpc) is 1.87. The number of alkyl halides is 1. The van der Waals surface area contributed by atoms with E-state index in [1.807, 2.05) is 0 Å². The molecule has 0 aliphatic heterocycles. The normalized spacial score (nSPS) is 16.8. The van der Waals surface area contributed by atoms with Crippen molar-refractivity contribution in [2.75, 3.05) is 0 Å². The number of halogens is 1. The molecule has 2 atom stereocenters. The highest BCUT2D eigenvalue weighted by Crippen LogP contribution is 2.10. The zero-order valence-corrected chi connectivity index (χ0v) is 9.10. The van der Waals surface area contributed by atoms with Crippen LogP contribution in [0.2, 0.25) is 0 Å². The van der Waals surface area contributed by atoms with Crippen LogP contribution in [0.5, 0.6) is 0 Å². The van der Waals surface area contributed by atoms with Crippen molar-refractivity contribution >= 4 is 22.6 Å². The van der Waals surface area contributed by atoms with Crippen LogP contribution in [0.1, 0.15) is 39.5 Å². The lowest BCUT2D eigenvalue weighted by Gasteiger charge is -2.08. The molecule has 10 heavy (non-hydrogen) atoms. The minimum atomic E-state index is 0.440. The van der Waals surface area contributed by atoms with Crippen molar-refractivity contribution < 1.29 is 0 Å². The van der Waals surface area contributed by atoms with Crippen molar-refractivity contribution in [3.05, 3.63) is 0 Å². The van der Waals surface area contributed by atoms with E-state index in [0.29, 0.717) is 6.04 Å². The molecule has 0 aliphatic rings. The Morgan fingerprint density at radius 3 is 2.40 bits per heavy atom. The molecule has 0 rings (SSSR count). The third-order valence-electron chi connectivity index (χ3n) is 1.70. The van der Waals surface area contributed by atoms with Crippen molar-refractivity contribution in [3.63, 3.8) is 0 Å². The maximum Gasteiger partial charge on any atom is 0.00813 e. The van der Waals surface area contributed by atoms with Crippen LogP contribution < -0.4 is 5.73 Å². The largest absolute Gasteiger partial charge is 0.328 e. The minimum Gasteiger partial charge on any atom is -0.328 e. The zero-order chi connectivity index (χ0) is 7.98. The second-order valence-electron chi connectivity index (χ2n) is 2.88. The van der Waals surface area contributed by atoms with Gasteiger partial charge in [-0.25, -0.2) is 0 Å². The van der Waals surface area contributed by atoms with Gasteiger partial charge in [-0.2, -0.15) is 0 Å². The predicted molar refractivity (Wildman–Crippen MR) is 55.6 cm³/mol. The minimum absolute atomic E-state index is 0.440. The van der Waals surface area contributed by atoms with Gasteiger partial charge in [-0.1, -0.05) is 42.9 Å². The van der Waals surface area contributed by atoms with E-state index in [-0.39, 0.29) is 0 Å². The van der Waals surface area contributed by atoms with Crippen LogP contribution in [0.4, 0.5) is 0 Å². The Balaban J connectivity index is 3.03. The first-order chi connectivity index (χ1) is 4.66. The summed E-state index contributed by atoms with van der Waals surface area (Å²) >= 11 is 2.46. The number of rotatable bonds is 5. The Kier molecular flexibility index (Phi) is 6.85. The third kappa shape index (κ3) is 6.81. The van der Waals surface area contributed by atoms with E-state index in [2.05, 4.69) is 36.4 Å². The molecule has 0 amide bonds. The summed E-state index contributed by atoms with van der Waals surface area (Å²) in [5, 5.41) is 0. The van der Waals surface area contributed by atoms with Gasteiger partial charge in [0.15, 0.2) is 0 Å². The summed E-state index contributed by atoms with van der Waals surface area (Å²) in [5.41, 5.74) is 5.76. The highest BCUT2D eigenvalue weighted by Gasteiger charge is 2.00. The topological polar surface area (TPSA) is 26.0 Å². The van der Waals surface area contributed by atoms with Crippen molar-refractivity contribution in [1.29, 1.82) is 0 Å². The summed E-state index contributed by atoms with van der Waals surface area (Å²) in [6.45, 7) is 4.40. The van der Waals surface area contributed by atoms with Gasteiger partial charge in [0.2, 0.25) is 0 Å². The van der Waals surface area contributed by atoms with Crippen LogP contribution in [0.15, 0.2) is 0 Å². The van der Waals surface area contributed by atoms with Gasteiger partial charge in [0.1, 0.15) is 0 Å². The molecule has 62 valence electrons. The molecular formula is C8H18IN. The number of hydrogen-bond acceptors (Lipinski definition) is 1. The highest BCUT2D eigenvalue weighted by atomic mass is 127. The lowest BCUT2D eigenvalue weighted by molar-refractivity contribution is 0.553. The quantitative estimate of drug-likeness (QED) is 0.593. The Bertz CT molecular complexity index is 73.7. The summed E-state index contributed by atoms with van der Waals surface area (Å²) in [6, 6.07) is 0.440. The Labute approximate surface area is 77.9 Å². The average molecular weight is 255 g/mol. The summed E-state index contributed by atoms with van der Waals surface area (Å²) in [7, 11) is 0. The molecule has 1 nitrogen and oxygen atoms in total. The first kappa shape index (κ1) is 10.7. The van der Waals surface area contributed by atoms with Gasteiger partial charge in [-0.05, 0) is 19.3 Å². The van der Waals surface area contributed by atoms with Gasteiger partial charge in [0, 0.05) is 9.97 Å². The fourth-order valence-corrected chi connectivity index (χ4v) is 1.31. The first-order valence-electron chi connectivity index (χ1n) is 4.06. The third-order valence-corrected chi connectivity index (χ3v) is 2.32. The van der Waals surface area contributed by atoms with Crippen LogP contribution in [0.25, 0.3) is 0 Å². The van der Waals surface area contributed by atoms with E-state index in [1.165, 1.54) is 19.3 Å². The molecule has 0 aromatic rings. The summed E-state index contributed by atoms with van der Waals surface area (Å²) in [5.74, 6) is 0. The lowest BCUT2D eigenvalue weighted by Crippen LogP contribution is -2.18. The summed E-state index contributed by atoms with van der Waals surface area (Å²) < 4.78 is 0.807. The van der Waals surface area contributed by atoms with Crippen molar-refractivity contribution in [1.82, 2.24) is 0 Å². The monoisotopic (exact) mass is 255 g/mol. The van der Waals surface area contributed by atoms with Gasteiger partial charge in [0.05, 0.1) is 0 Å². The smallest absolute Gasteiger partial charge is 0.00813 e. The fraction of sp³-hybridized carbons (Fsp3) is 1.00. The van der Waals surface area contributed by atoms with E-state index in [1.54, 1.807) is 0 Å². The van der Waals surface area contributed by atoms with Gasteiger partial charge < -0.3 is 5.73 Å².